The molecule has 1 aliphatic carbocycles. The summed E-state index contributed by atoms with van der Waals surface area (Å²) in [5, 5.41) is 9.25. The minimum Gasteiger partial charge on any atom is -0.382 e. The molecule has 1 heterocycles. The first-order valence-corrected chi connectivity index (χ1v) is 10.7. The molecule has 2 N–H and O–H groups in total. The molecule has 0 saturated heterocycles. The maximum atomic E-state index is 5.62. The number of hydrogen-bond acceptors (Lipinski definition) is 4. The van der Waals surface area contributed by atoms with Crippen LogP contribution in [0.5, 0.6) is 0 Å². The van der Waals surface area contributed by atoms with Crippen molar-refractivity contribution in [1.29, 1.82) is 0 Å². The van der Waals surface area contributed by atoms with Crippen LogP contribution in [0.1, 0.15) is 49.9 Å². The van der Waals surface area contributed by atoms with Crippen molar-refractivity contribution in [3.05, 3.63) is 22.4 Å². The Morgan fingerprint density at radius 2 is 2.12 bits per heavy atom. The molecule has 6 heteroatoms. The van der Waals surface area contributed by atoms with E-state index in [9.17, 15) is 0 Å². The number of ether oxygens (including phenoxy) is 1. The zero-order chi connectivity index (χ0) is 18.8. The Hall–Kier alpha value is -1.11. The summed E-state index contributed by atoms with van der Waals surface area (Å²) in [7, 11) is 6.11. The standard InChI is InChI=1S/C20H36N4OS/c1-5-25-13-12-20(10-6-7-11-20)16-23-19(21-2)22-15-17(24(3)4)18-9-8-14-26-18/h8-9,14,17H,5-7,10-13,15-16H2,1-4H3,(H2,21,22,23). The highest BCUT2D eigenvalue weighted by Crippen LogP contribution is 2.40. The van der Waals surface area contributed by atoms with Crippen LogP contribution >= 0.6 is 11.3 Å². The molecule has 1 aromatic heterocycles. The first kappa shape index (κ1) is 21.2. The Bertz CT molecular complexity index is 524. The summed E-state index contributed by atoms with van der Waals surface area (Å²) in [4.78, 5) is 8.07. The van der Waals surface area contributed by atoms with Crippen LogP contribution in [0.3, 0.4) is 0 Å². The van der Waals surface area contributed by atoms with Gasteiger partial charge in [-0.25, -0.2) is 0 Å². The molecule has 0 amide bonds. The van der Waals surface area contributed by atoms with Crippen molar-refractivity contribution in [2.75, 3.05) is 47.4 Å². The molecule has 2 rings (SSSR count). The van der Waals surface area contributed by atoms with Crippen LogP contribution in [0, 0.1) is 5.41 Å². The predicted octanol–water partition coefficient (Wildman–Crippen LogP) is 3.50. The third kappa shape index (κ3) is 6.25. The van der Waals surface area contributed by atoms with Crippen LogP contribution in [0.2, 0.25) is 0 Å². The molecule has 1 unspecified atom stereocenters. The van der Waals surface area contributed by atoms with Crippen molar-refractivity contribution in [1.82, 2.24) is 15.5 Å². The van der Waals surface area contributed by atoms with Crippen molar-refractivity contribution < 1.29 is 4.74 Å². The maximum Gasteiger partial charge on any atom is 0.191 e. The lowest BCUT2D eigenvalue weighted by atomic mass is 9.83. The number of rotatable bonds is 10. The topological polar surface area (TPSA) is 48.9 Å². The summed E-state index contributed by atoms with van der Waals surface area (Å²) in [6, 6.07) is 4.67. The molecule has 0 aliphatic heterocycles. The molecule has 0 bridgehead atoms. The molecule has 0 spiro atoms. The van der Waals surface area contributed by atoms with Gasteiger partial charge in [0.2, 0.25) is 0 Å². The third-order valence-electron chi connectivity index (χ3n) is 5.46. The summed E-state index contributed by atoms with van der Waals surface area (Å²) >= 11 is 1.81. The maximum absolute atomic E-state index is 5.62. The highest BCUT2D eigenvalue weighted by Gasteiger charge is 2.33. The largest absolute Gasteiger partial charge is 0.382 e. The lowest BCUT2D eigenvalue weighted by Crippen LogP contribution is -2.45. The summed E-state index contributed by atoms with van der Waals surface area (Å²) < 4.78 is 5.62. The van der Waals surface area contributed by atoms with E-state index in [2.05, 4.69) is 59.1 Å². The normalized spacial score (nSPS) is 18.3. The quantitative estimate of drug-likeness (QED) is 0.370. The van der Waals surface area contributed by atoms with Crippen LogP contribution in [-0.2, 0) is 4.74 Å². The van der Waals surface area contributed by atoms with Crippen LogP contribution in [-0.4, -0.2) is 58.3 Å². The number of likely N-dealkylation sites (N-methyl/N-ethyl adjacent to an activating group) is 1. The van der Waals surface area contributed by atoms with Gasteiger partial charge in [0, 0.05) is 38.2 Å². The highest BCUT2D eigenvalue weighted by molar-refractivity contribution is 7.10. The fourth-order valence-corrected chi connectivity index (χ4v) is 4.70. The second kappa shape index (κ2) is 10.9. The van der Waals surface area contributed by atoms with E-state index in [4.69, 9.17) is 4.74 Å². The molecule has 0 aromatic carbocycles. The van der Waals surface area contributed by atoms with Gasteiger partial charge in [0.25, 0.3) is 0 Å². The van der Waals surface area contributed by atoms with Crippen molar-refractivity contribution in [2.45, 2.75) is 45.1 Å². The Morgan fingerprint density at radius 3 is 2.69 bits per heavy atom. The SMILES string of the molecule is CCOCCC1(CNC(=NC)NCC(c2cccs2)N(C)C)CCCC1. The molecule has 1 fully saturated rings. The van der Waals surface area contributed by atoms with E-state index < -0.39 is 0 Å². The smallest absolute Gasteiger partial charge is 0.191 e. The van der Waals surface area contributed by atoms with E-state index in [1.807, 2.05) is 18.4 Å². The second-order valence-corrected chi connectivity index (χ2v) is 8.43. The average molecular weight is 381 g/mol. The van der Waals surface area contributed by atoms with Gasteiger partial charge in [-0.05, 0) is 57.1 Å². The summed E-state index contributed by atoms with van der Waals surface area (Å²) in [5.74, 6) is 0.899. The van der Waals surface area contributed by atoms with Crippen LogP contribution < -0.4 is 10.6 Å². The zero-order valence-corrected chi connectivity index (χ0v) is 17.7. The Labute approximate surface area is 163 Å². The van der Waals surface area contributed by atoms with Gasteiger partial charge >= 0.3 is 0 Å². The van der Waals surface area contributed by atoms with E-state index in [1.54, 1.807) is 0 Å². The van der Waals surface area contributed by atoms with Crippen LogP contribution in [0.25, 0.3) is 0 Å². The van der Waals surface area contributed by atoms with Gasteiger partial charge in [-0.1, -0.05) is 18.9 Å². The zero-order valence-electron chi connectivity index (χ0n) is 16.9. The molecule has 5 nitrogen and oxygen atoms in total. The fraction of sp³-hybridized carbons (Fsp3) is 0.750. The van der Waals surface area contributed by atoms with Crippen molar-refractivity contribution >= 4 is 17.3 Å². The number of guanidine groups is 1. The molecule has 1 aromatic rings. The predicted molar refractivity (Wildman–Crippen MR) is 112 cm³/mol. The summed E-state index contributed by atoms with van der Waals surface area (Å²) in [6.45, 7) is 5.57. The molecule has 148 valence electrons. The number of nitrogens with one attached hydrogen (secondary N) is 2. The van der Waals surface area contributed by atoms with E-state index in [1.165, 1.54) is 30.6 Å². The van der Waals surface area contributed by atoms with Crippen molar-refractivity contribution in [3.8, 4) is 0 Å². The second-order valence-electron chi connectivity index (χ2n) is 7.46. The molecule has 1 atom stereocenters. The highest BCUT2D eigenvalue weighted by atomic mass is 32.1. The van der Waals surface area contributed by atoms with E-state index in [0.717, 1.165) is 38.7 Å². The molecule has 0 radical (unpaired) electrons. The van der Waals surface area contributed by atoms with Crippen molar-refractivity contribution in [2.24, 2.45) is 10.4 Å². The van der Waals surface area contributed by atoms with Gasteiger partial charge in [-0.2, -0.15) is 0 Å². The number of thiophene rings is 1. The monoisotopic (exact) mass is 380 g/mol. The lowest BCUT2D eigenvalue weighted by Gasteiger charge is -2.30. The lowest BCUT2D eigenvalue weighted by molar-refractivity contribution is 0.105. The molecule has 1 saturated carbocycles. The number of hydrogen-bond donors (Lipinski definition) is 2. The fourth-order valence-electron chi connectivity index (χ4n) is 3.78. The van der Waals surface area contributed by atoms with Gasteiger partial charge in [-0.3, -0.25) is 4.99 Å². The molecular formula is C20H36N4OS. The Balaban J connectivity index is 1.86. The summed E-state index contributed by atoms with van der Waals surface area (Å²) in [5.41, 5.74) is 0.363. The molecule has 26 heavy (non-hydrogen) atoms. The van der Waals surface area contributed by atoms with Gasteiger partial charge < -0.3 is 20.3 Å². The van der Waals surface area contributed by atoms with Gasteiger partial charge in [-0.15, -0.1) is 11.3 Å². The van der Waals surface area contributed by atoms with Gasteiger partial charge in [0.1, 0.15) is 0 Å². The minimum absolute atomic E-state index is 0.354. The van der Waals surface area contributed by atoms with E-state index in [-0.39, 0.29) is 0 Å². The molecule has 1 aliphatic rings. The van der Waals surface area contributed by atoms with E-state index in [0.29, 0.717) is 11.5 Å². The Kier molecular flexibility index (Phi) is 8.88. The number of aliphatic imine (C=N–C) groups is 1. The third-order valence-corrected chi connectivity index (χ3v) is 6.43. The van der Waals surface area contributed by atoms with E-state index >= 15 is 0 Å². The van der Waals surface area contributed by atoms with Crippen LogP contribution in [0.4, 0.5) is 0 Å². The van der Waals surface area contributed by atoms with Crippen molar-refractivity contribution in [3.63, 3.8) is 0 Å². The first-order valence-electron chi connectivity index (χ1n) is 9.82. The van der Waals surface area contributed by atoms with Gasteiger partial charge in [0.05, 0.1) is 6.04 Å². The van der Waals surface area contributed by atoms with Crippen LogP contribution in [0.15, 0.2) is 22.5 Å². The Morgan fingerprint density at radius 1 is 1.35 bits per heavy atom. The minimum atomic E-state index is 0.354. The molecular weight excluding hydrogens is 344 g/mol. The van der Waals surface area contributed by atoms with Gasteiger partial charge in [0.15, 0.2) is 5.96 Å². The first-order chi connectivity index (χ1) is 12.6. The average Bonchev–Trinajstić information content (AvgIpc) is 3.30. The number of nitrogens with zero attached hydrogens (tertiary/aromatic N) is 2. The summed E-state index contributed by atoms with van der Waals surface area (Å²) in [6.07, 6.45) is 6.39.